The molecule has 2 N–H and O–H groups in total. The van der Waals surface area contributed by atoms with Crippen LogP contribution in [0, 0.1) is 0 Å². The van der Waals surface area contributed by atoms with Crippen molar-refractivity contribution in [2.75, 3.05) is 39.8 Å². The second kappa shape index (κ2) is 9.93. The van der Waals surface area contributed by atoms with Crippen molar-refractivity contribution >= 4 is 47.4 Å². The Kier molecular flexibility index (Phi) is 8.18. The van der Waals surface area contributed by atoms with Crippen molar-refractivity contribution in [3.05, 3.63) is 34.9 Å². The van der Waals surface area contributed by atoms with Crippen molar-refractivity contribution < 1.29 is 9.90 Å². The van der Waals surface area contributed by atoms with E-state index >= 15 is 0 Å². The molecule has 1 heterocycles. The van der Waals surface area contributed by atoms with Gasteiger partial charge in [0.25, 0.3) is 0 Å². The molecule has 1 saturated carbocycles. The van der Waals surface area contributed by atoms with Gasteiger partial charge < -0.3 is 20.2 Å². The maximum absolute atomic E-state index is 12.5. The Labute approximate surface area is 183 Å². The zero-order valence-electron chi connectivity index (χ0n) is 15.7. The lowest BCUT2D eigenvalue weighted by Crippen LogP contribution is -2.56. The van der Waals surface area contributed by atoms with Crippen molar-refractivity contribution in [3.63, 3.8) is 0 Å². The maximum Gasteiger partial charge on any atom is 0.227 e. The first-order valence-electron chi connectivity index (χ1n) is 9.19. The van der Waals surface area contributed by atoms with Crippen LogP contribution in [0.3, 0.4) is 0 Å². The van der Waals surface area contributed by atoms with Gasteiger partial charge in [-0.3, -0.25) is 9.79 Å². The quantitative estimate of drug-likeness (QED) is 0.373. The van der Waals surface area contributed by atoms with Crippen LogP contribution in [0.5, 0.6) is 0 Å². The molecule has 1 aromatic rings. The highest BCUT2D eigenvalue weighted by atomic mass is 127. The molecule has 1 aliphatic heterocycles. The number of piperazine rings is 1. The number of benzene rings is 1. The maximum atomic E-state index is 12.5. The van der Waals surface area contributed by atoms with E-state index in [4.69, 9.17) is 11.6 Å². The van der Waals surface area contributed by atoms with Crippen LogP contribution in [0.4, 0.5) is 0 Å². The molecule has 1 amide bonds. The number of amides is 1. The van der Waals surface area contributed by atoms with Crippen LogP contribution in [0.1, 0.15) is 24.8 Å². The predicted molar refractivity (Wildman–Crippen MR) is 119 cm³/mol. The Morgan fingerprint density at radius 1 is 1.26 bits per heavy atom. The zero-order chi connectivity index (χ0) is 18.6. The number of aliphatic hydroxyl groups is 1. The minimum Gasteiger partial charge on any atom is -0.388 e. The number of nitrogens with zero attached hydrogens (tertiary/aromatic N) is 3. The molecule has 150 valence electrons. The second-order valence-corrected chi connectivity index (χ2v) is 7.59. The summed E-state index contributed by atoms with van der Waals surface area (Å²) < 4.78 is 0. The molecule has 2 aliphatic rings. The summed E-state index contributed by atoms with van der Waals surface area (Å²) in [4.78, 5) is 20.9. The van der Waals surface area contributed by atoms with Gasteiger partial charge in [-0.15, -0.1) is 24.0 Å². The summed E-state index contributed by atoms with van der Waals surface area (Å²) in [6.07, 6.45) is 3.16. The van der Waals surface area contributed by atoms with Crippen LogP contribution >= 0.6 is 35.6 Å². The molecule has 0 bridgehead atoms. The van der Waals surface area contributed by atoms with E-state index in [2.05, 4.69) is 15.2 Å². The molecule has 1 saturated heterocycles. The van der Waals surface area contributed by atoms with E-state index in [0.29, 0.717) is 31.1 Å². The third kappa shape index (κ3) is 5.96. The fraction of sp³-hybridized carbons (Fsp3) is 0.579. The molecule has 0 aromatic heterocycles. The van der Waals surface area contributed by atoms with E-state index in [-0.39, 0.29) is 29.9 Å². The van der Waals surface area contributed by atoms with Gasteiger partial charge in [-0.2, -0.15) is 0 Å². The zero-order valence-corrected chi connectivity index (χ0v) is 18.7. The molecule has 1 aromatic carbocycles. The summed E-state index contributed by atoms with van der Waals surface area (Å²) >= 11 is 5.99. The molecule has 3 rings (SSSR count). The highest BCUT2D eigenvalue weighted by Crippen LogP contribution is 2.30. The second-order valence-electron chi connectivity index (χ2n) is 7.15. The van der Waals surface area contributed by atoms with Gasteiger partial charge in [0.05, 0.1) is 12.0 Å². The molecule has 8 heteroatoms. The number of nitrogens with one attached hydrogen (secondary N) is 1. The van der Waals surface area contributed by atoms with Crippen LogP contribution in [0.15, 0.2) is 29.3 Å². The van der Waals surface area contributed by atoms with Gasteiger partial charge in [-0.1, -0.05) is 23.7 Å². The van der Waals surface area contributed by atoms with Gasteiger partial charge in [-0.25, -0.2) is 0 Å². The third-order valence-electron chi connectivity index (χ3n) is 5.25. The van der Waals surface area contributed by atoms with Crippen LogP contribution < -0.4 is 5.32 Å². The first kappa shape index (κ1) is 22.2. The average Bonchev–Trinajstić information content (AvgIpc) is 2.61. The minimum absolute atomic E-state index is 0. The SMILES string of the molecule is CN=C(NCC1(O)CCC1)N1CCN(C(=O)Cc2cccc(Cl)c2)CC1.I. The Bertz CT molecular complexity index is 673. The molecule has 1 aliphatic carbocycles. The van der Waals surface area contributed by atoms with Crippen LogP contribution in [-0.2, 0) is 11.2 Å². The van der Waals surface area contributed by atoms with Crippen molar-refractivity contribution in [1.82, 2.24) is 15.1 Å². The Morgan fingerprint density at radius 2 is 1.93 bits per heavy atom. The highest BCUT2D eigenvalue weighted by molar-refractivity contribution is 14.0. The van der Waals surface area contributed by atoms with Crippen molar-refractivity contribution in [3.8, 4) is 0 Å². The highest BCUT2D eigenvalue weighted by Gasteiger charge is 2.34. The smallest absolute Gasteiger partial charge is 0.227 e. The van der Waals surface area contributed by atoms with E-state index in [1.807, 2.05) is 29.2 Å². The average molecular weight is 507 g/mol. The molecule has 0 spiro atoms. The lowest BCUT2D eigenvalue weighted by atomic mass is 9.80. The predicted octanol–water partition coefficient (Wildman–Crippen LogP) is 2.14. The first-order chi connectivity index (χ1) is 12.5. The number of rotatable bonds is 4. The number of halogens is 2. The van der Waals surface area contributed by atoms with Gasteiger partial charge in [0.1, 0.15) is 0 Å². The Balaban J connectivity index is 0.00000261. The number of carbonyl (C=O) groups excluding carboxylic acids is 1. The standard InChI is InChI=1S/C19H27ClN4O2.HI/c1-21-18(22-14-19(26)6-3-7-19)24-10-8-23(9-11-24)17(25)13-15-4-2-5-16(20)12-15;/h2,4-5,12,26H,3,6-11,13-14H2,1H3,(H,21,22);1H. The molecular weight excluding hydrogens is 479 g/mol. The lowest BCUT2D eigenvalue weighted by Gasteiger charge is -2.40. The van der Waals surface area contributed by atoms with Gasteiger partial charge in [0, 0.05) is 44.8 Å². The van der Waals surface area contributed by atoms with Gasteiger partial charge in [-0.05, 0) is 37.0 Å². The number of carbonyl (C=O) groups is 1. The van der Waals surface area contributed by atoms with Gasteiger partial charge in [0.15, 0.2) is 5.96 Å². The molecule has 2 fully saturated rings. The van der Waals surface area contributed by atoms with Crippen LogP contribution in [0.2, 0.25) is 5.02 Å². The Morgan fingerprint density at radius 3 is 2.48 bits per heavy atom. The molecular formula is C19H28ClIN4O2. The van der Waals surface area contributed by atoms with Crippen molar-refractivity contribution in [1.29, 1.82) is 0 Å². The molecule has 0 unspecified atom stereocenters. The molecule has 6 nitrogen and oxygen atoms in total. The summed E-state index contributed by atoms with van der Waals surface area (Å²) in [5.74, 6) is 0.922. The molecule has 27 heavy (non-hydrogen) atoms. The van der Waals surface area contributed by atoms with Crippen molar-refractivity contribution in [2.45, 2.75) is 31.3 Å². The summed E-state index contributed by atoms with van der Waals surface area (Å²) in [5.41, 5.74) is 0.362. The number of hydrogen-bond donors (Lipinski definition) is 2. The normalized spacial score (nSPS) is 19.1. The van der Waals surface area contributed by atoms with E-state index in [0.717, 1.165) is 43.9 Å². The number of guanidine groups is 1. The number of hydrogen-bond acceptors (Lipinski definition) is 3. The van der Waals surface area contributed by atoms with E-state index in [9.17, 15) is 9.90 Å². The lowest BCUT2D eigenvalue weighted by molar-refractivity contribution is -0.131. The summed E-state index contributed by atoms with van der Waals surface area (Å²) in [5, 5.41) is 14.2. The fourth-order valence-corrected chi connectivity index (χ4v) is 3.65. The van der Waals surface area contributed by atoms with Crippen molar-refractivity contribution in [2.24, 2.45) is 4.99 Å². The summed E-state index contributed by atoms with van der Waals surface area (Å²) in [6, 6.07) is 7.45. The van der Waals surface area contributed by atoms with Gasteiger partial charge in [0.2, 0.25) is 5.91 Å². The minimum atomic E-state index is -0.579. The topological polar surface area (TPSA) is 68.2 Å². The Hall–Kier alpha value is -1.06. The summed E-state index contributed by atoms with van der Waals surface area (Å²) in [6.45, 7) is 3.35. The van der Waals surface area contributed by atoms with Crippen LogP contribution in [-0.4, -0.2) is 72.1 Å². The van der Waals surface area contributed by atoms with Crippen LogP contribution in [0.25, 0.3) is 0 Å². The fourth-order valence-electron chi connectivity index (χ4n) is 3.44. The number of aliphatic imine (C=N–C) groups is 1. The van der Waals surface area contributed by atoms with E-state index in [1.54, 1.807) is 7.05 Å². The molecule has 0 radical (unpaired) electrons. The monoisotopic (exact) mass is 506 g/mol. The van der Waals surface area contributed by atoms with Gasteiger partial charge >= 0.3 is 0 Å². The van der Waals surface area contributed by atoms with E-state index < -0.39 is 5.60 Å². The summed E-state index contributed by atoms with van der Waals surface area (Å²) in [7, 11) is 1.75. The third-order valence-corrected chi connectivity index (χ3v) is 5.48. The van der Waals surface area contributed by atoms with E-state index in [1.165, 1.54) is 0 Å². The molecule has 0 atom stereocenters. The largest absolute Gasteiger partial charge is 0.388 e. The first-order valence-corrected chi connectivity index (χ1v) is 9.57.